The predicted molar refractivity (Wildman–Crippen MR) is 132 cm³/mol. The van der Waals surface area contributed by atoms with Crippen LogP contribution in [-0.4, -0.2) is 68.8 Å². The molecule has 1 unspecified atom stereocenters. The molecule has 1 aromatic rings. The first kappa shape index (κ1) is 26.6. The van der Waals surface area contributed by atoms with Gasteiger partial charge < -0.3 is 15.0 Å². The standard InChI is InChI=1S/C25H39N3O5S/c1-19(2)25(4,18-23(29)27-13-15-33-16-14-27)24(30)26-21-10-9-20(3)22(17-21)34(31,32)28-11-7-5-6-8-12-28/h9-10,17,19H,5-8,11-16,18H2,1-4H3,(H,26,30). The van der Waals surface area contributed by atoms with Crippen LogP contribution in [0.5, 0.6) is 0 Å². The van der Waals surface area contributed by atoms with E-state index in [1.165, 1.54) is 0 Å². The molecule has 8 nitrogen and oxygen atoms in total. The number of hydrogen-bond acceptors (Lipinski definition) is 5. The molecule has 3 rings (SSSR count). The number of benzene rings is 1. The molecule has 9 heteroatoms. The van der Waals surface area contributed by atoms with Crippen molar-refractivity contribution in [3.63, 3.8) is 0 Å². The Kier molecular flexibility index (Phi) is 8.76. The van der Waals surface area contributed by atoms with Gasteiger partial charge in [0.15, 0.2) is 0 Å². The SMILES string of the molecule is Cc1ccc(NC(=O)C(C)(CC(=O)N2CCOCC2)C(C)C)cc1S(=O)(=O)N1CCCCCC1. The average molecular weight is 494 g/mol. The van der Waals surface area contributed by atoms with E-state index < -0.39 is 15.4 Å². The molecule has 190 valence electrons. The van der Waals surface area contributed by atoms with Crippen molar-refractivity contribution in [2.24, 2.45) is 11.3 Å². The number of nitrogens with one attached hydrogen (secondary N) is 1. The molecule has 2 aliphatic rings. The van der Waals surface area contributed by atoms with Gasteiger partial charge in [-0.3, -0.25) is 9.59 Å². The van der Waals surface area contributed by atoms with E-state index in [0.29, 0.717) is 50.6 Å². The lowest BCUT2D eigenvalue weighted by atomic mass is 9.75. The van der Waals surface area contributed by atoms with Crippen molar-refractivity contribution in [3.8, 4) is 0 Å². The number of hydrogen-bond donors (Lipinski definition) is 1. The lowest BCUT2D eigenvalue weighted by Gasteiger charge is -2.35. The lowest BCUT2D eigenvalue weighted by Crippen LogP contribution is -2.46. The number of ether oxygens (including phenoxy) is 1. The van der Waals surface area contributed by atoms with Crippen molar-refractivity contribution in [2.75, 3.05) is 44.7 Å². The van der Waals surface area contributed by atoms with Gasteiger partial charge in [-0.25, -0.2) is 8.42 Å². The van der Waals surface area contributed by atoms with E-state index in [4.69, 9.17) is 4.74 Å². The summed E-state index contributed by atoms with van der Waals surface area (Å²) in [5, 5.41) is 2.91. The van der Waals surface area contributed by atoms with Crippen LogP contribution in [-0.2, 0) is 24.3 Å². The molecule has 1 atom stereocenters. The Balaban J connectivity index is 1.80. The number of carbonyl (C=O) groups excluding carboxylic acids is 2. The number of anilines is 1. The first-order chi connectivity index (χ1) is 16.1. The van der Waals surface area contributed by atoms with Crippen molar-refractivity contribution in [2.45, 2.75) is 64.7 Å². The van der Waals surface area contributed by atoms with Crippen LogP contribution >= 0.6 is 0 Å². The Morgan fingerprint density at radius 2 is 1.68 bits per heavy atom. The number of aryl methyl sites for hydroxylation is 1. The maximum Gasteiger partial charge on any atom is 0.243 e. The van der Waals surface area contributed by atoms with E-state index in [1.807, 2.05) is 13.8 Å². The Bertz CT molecular complexity index is 980. The largest absolute Gasteiger partial charge is 0.378 e. The summed E-state index contributed by atoms with van der Waals surface area (Å²) in [4.78, 5) is 28.3. The molecule has 2 heterocycles. The second kappa shape index (κ2) is 11.2. The van der Waals surface area contributed by atoms with Crippen LogP contribution in [0.4, 0.5) is 5.69 Å². The van der Waals surface area contributed by atoms with E-state index >= 15 is 0 Å². The van der Waals surface area contributed by atoms with E-state index in [1.54, 1.807) is 41.3 Å². The first-order valence-corrected chi connectivity index (χ1v) is 13.8. The third kappa shape index (κ3) is 5.98. The Morgan fingerprint density at radius 3 is 2.26 bits per heavy atom. The fourth-order valence-corrected chi connectivity index (χ4v) is 6.20. The first-order valence-electron chi connectivity index (χ1n) is 12.3. The molecule has 2 fully saturated rings. The highest BCUT2D eigenvalue weighted by atomic mass is 32.2. The minimum Gasteiger partial charge on any atom is -0.378 e. The Hall–Kier alpha value is -1.97. The highest BCUT2D eigenvalue weighted by Crippen LogP contribution is 2.34. The normalized spacial score (nSPS) is 20.0. The number of amides is 2. The van der Waals surface area contributed by atoms with Gasteiger partial charge in [-0.05, 0) is 50.3 Å². The molecule has 1 aromatic carbocycles. The van der Waals surface area contributed by atoms with Crippen LogP contribution < -0.4 is 5.32 Å². The van der Waals surface area contributed by atoms with E-state index in [0.717, 1.165) is 25.7 Å². The van der Waals surface area contributed by atoms with Crippen molar-refractivity contribution in [1.29, 1.82) is 0 Å². The lowest BCUT2D eigenvalue weighted by molar-refractivity contribution is -0.143. The second-order valence-corrected chi connectivity index (χ2v) is 11.9. The van der Waals surface area contributed by atoms with Gasteiger partial charge in [0.05, 0.1) is 23.5 Å². The molecular weight excluding hydrogens is 454 g/mol. The molecule has 2 saturated heterocycles. The number of nitrogens with zero attached hydrogens (tertiary/aromatic N) is 2. The van der Waals surface area contributed by atoms with Crippen LogP contribution in [0.3, 0.4) is 0 Å². The van der Waals surface area contributed by atoms with Crippen molar-refractivity contribution >= 4 is 27.5 Å². The van der Waals surface area contributed by atoms with Gasteiger partial charge in [-0.2, -0.15) is 4.31 Å². The quantitative estimate of drug-likeness (QED) is 0.628. The topological polar surface area (TPSA) is 96.0 Å². The summed E-state index contributed by atoms with van der Waals surface area (Å²) in [6, 6.07) is 5.00. The highest BCUT2D eigenvalue weighted by Gasteiger charge is 2.40. The van der Waals surface area contributed by atoms with E-state index in [-0.39, 0.29) is 29.0 Å². The van der Waals surface area contributed by atoms with Gasteiger partial charge in [0, 0.05) is 38.3 Å². The number of carbonyl (C=O) groups is 2. The number of sulfonamides is 1. The molecule has 0 spiro atoms. The van der Waals surface area contributed by atoms with Gasteiger partial charge in [-0.1, -0.05) is 32.8 Å². The van der Waals surface area contributed by atoms with Gasteiger partial charge in [-0.15, -0.1) is 0 Å². The smallest absolute Gasteiger partial charge is 0.243 e. The molecule has 0 aromatic heterocycles. The van der Waals surface area contributed by atoms with E-state index in [2.05, 4.69) is 5.32 Å². The zero-order chi connectivity index (χ0) is 24.9. The Morgan fingerprint density at radius 1 is 1.06 bits per heavy atom. The molecule has 2 aliphatic heterocycles. The second-order valence-electron chi connectivity index (χ2n) is 9.99. The zero-order valence-electron chi connectivity index (χ0n) is 20.9. The van der Waals surface area contributed by atoms with Gasteiger partial charge in [0.2, 0.25) is 21.8 Å². The third-order valence-corrected chi connectivity index (χ3v) is 9.34. The minimum absolute atomic E-state index is 0.0667. The summed E-state index contributed by atoms with van der Waals surface area (Å²) >= 11 is 0. The fraction of sp³-hybridized carbons (Fsp3) is 0.680. The van der Waals surface area contributed by atoms with Crippen LogP contribution in [0.1, 0.15) is 58.4 Å². The summed E-state index contributed by atoms with van der Waals surface area (Å²) in [7, 11) is -3.65. The summed E-state index contributed by atoms with van der Waals surface area (Å²) in [5.74, 6) is -0.447. The van der Waals surface area contributed by atoms with Crippen LogP contribution in [0.25, 0.3) is 0 Å². The van der Waals surface area contributed by atoms with Gasteiger partial charge >= 0.3 is 0 Å². The molecule has 0 aliphatic carbocycles. The van der Waals surface area contributed by atoms with Crippen molar-refractivity contribution < 1.29 is 22.7 Å². The van der Waals surface area contributed by atoms with Crippen molar-refractivity contribution in [1.82, 2.24) is 9.21 Å². The molecule has 1 N–H and O–H groups in total. The number of morpholine rings is 1. The summed E-state index contributed by atoms with van der Waals surface area (Å²) in [6.07, 6.45) is 3.88. The third-order valence-electron chi connectivity index (χ3n) is 7.30. The van der Waals surface area contributed by atoms with E-state index in [9.17, 15) is 18.0 Å². The molecule has 0 bridgehead atoms. The number of rotatable bonds is 7. The zero-order valence-corrected chi connectivity index (χ0v) is 21.7. The molecular formula is C25H39N3O5S. The average Bonchev–Trinajstić information content (AvgIpc) is 3.11. The van der Waals surface area contributed by atoms with Crippen molar-refractivity contribution in [3.05, 3.63) is 23.8 Å². The predicted octanol–water partition coefficient (Wildman–Crippen LogP) is 3.41. The monoisotopic (exact) mass is 493 g/mol. The fourth-order valence-electron chi connectivity index (χ4n) is 4.44. The van der Waals surface area contributed by atoms with Crippen LogP contribution in [0.15, 0.2) is 23.1 Å². The summed E-state index contributed by atoms with van der Waals surface area (Å²) < 4.78 is 33.6. The minimum atomic E-state index is -3.65. The van der Waals surface area contributed by atoms with Gasteiger partial charge in [0.1, 0.15) is 0 Å². The maximum atomic E-state index is 13.4. The molecule has 34 heavy (non-hydrogen) atoms. The highest BCUT2D eigenvalue weighted by molar-refractivity contribution is 7.89. The van der Waals surface area contributed by atoms with Gasteiger partial charge in [0.25, 0.3) is 0 Å². The maximum absolute atomic E-state index is 13.4. The summed E-state index contributed by atoms with van der Waals surface area (Å²) in [5.41, 5.74) is 0.135. The molecule has 0 radical (unpaired) electrons. The molecule has 0 saturated carbocycles. The summed E-state index contributed by atoms with van der Waals surface area (Å²) in [6.45, 7) is 10.6. The van der Waals surface area contributed by atoms with Crippen LogP contribution in [0, 0.1) is 18.3 Å². The van der Waals surface area contributed by atoms with Crippen LogP contribution in [0.2, 0.25) is 0 Å². The Labute approximate surface area is 204 Å². The molecule has 2 amide bonds.